The Bertz CT molecular complexity index is 198. The Labute approximate surface area is 93.7 Å². The van der Waals surface area contributed by atoms with E-state index in [0.717, 1.165) is 24.8 Å². The molecule has 0 aromatic heterocycles. The molecule has 1 amide bonds. The molecule has 3 nitrogen and oxygen atoms in total. The molecule has 0 spiro atoms. The number of amides is 1. The van der Waals surface area contributed by atoms with Gasteiger partial charge in [-0.15, -0.1) is 0 Å². The van der Waals surface area contributed by atoms with Crippen LogP contribution in [0.5, 0.6) is 0 Å². The normalized spacial score (nSPS) is 25.8. The first-order chi connectivity index (χ1) is 6.61. The summed E-state index contributed by atoms with van der Waals surface area (Å²) < 4.78 is 5.19. The monoisotopic (exact) mass is 263 g/mol. The van der Waals surface area contributed by atoms with Gasteiger partial charge in [-0.1, -0.05) is 22.9 Å². The van der Waals surface area contributed by atoms with Crippen molar-refractivity contribution in [2.75, 3.05) is 18.5 Å². The molecule has 1 fully saturated rings. The largest absolute Gasteiger partial charge is 0.381 e. The van der Waals surface area contributed by atoms with Gasteiger partial charge in [-0.25, -0.2) is 0 Å². The first-order valence-electron chi connectivity index (χ1n) is 5.07. The number of carbonyl (C=O) groups is 1. The zero-order valence-electron chi connectivity index (χ0n) is 8.81. The van der Waals surface area contributed by atoms with Crippen molar-refractivity contribution in [3.05, 3.63) is 0 Å². The van der Waals surface area contributed by atoms with Gasteiger partial charge in [0.25, 0.3) is 0 Å². The maximum Gasteiger partial charge on any atom is 0.225 e. The number of nitrogens with one attached hydrogen (secondary N) is 1. The van der Waals surface area contributed by atoms with Crippen LogP contribution in [0.1, 0.15) is 26.7 Å². The number of carbonyl (C=O) groups excluding carboxylic acids is 1. The van der Waals surface area contributed by atoms with Crippen molar-refractivity contribution in [2.24, 2.45) is 5.92 Å². The molecule has 0 aliphatic carbocycles. The summed E-state index contributed by atoms with van der Waals surface area (Å²) in [7, 11) is 0. The Morgan fingerprint density at radius 2 is 2.43 bits per heavy atom. The van der Waals surface area contributed by atoms with E-state index >= 15 is 0 Å². The van der Waals surface area contributed by atoms with Gasteiger partial charge < -0.3 is 10.1 Å². The number of ether oxygens (including phenoxy) is 1. The zero-order chi connectivity index (χ0) is 10.6. The van der Waals surface area contributed by atoms with E-state index in [1.807, 2.05) is 0 Å². The highest BCUT2D eigenvalue weighted by Gasteiger charge is 2.29. The predicted molar refractivity (Wildman–Crippen MR) is 59.6 cm³/mol. The second-order valence-electron chi connectivity index (χ2n) is 4.10. The van der Waals surface area contributed by atoms with Crippen molar-refractivity contribution in [3.8, 4) is 0 Å². The molecule has 0 aromatic rings. The Kier molecular flexibility index (Phi) is 4.38. The molecule has 4 heteroatoms. The van der Waals surface area contributed by atoms with Gasteiger partial charge in [-0.3, -0.25) is 4.79 Å². The third-order valence-corrected chi connectivity index (χ3v) is 4.04. The van der Waals surface area contributed by atoms with Crippen LogP contribution < -0.4 is 5.32 Å². The quantitative estimate of drug-likeness (QED) is 0.785. The van der Waals surface area contributed by atoms with Crippen LogP contribution in [0.4, 0.5) is 0 Å². The molecule has 1 heterocycles. The lowest BCUT2D eigenvalue weighted by atomic mass is 9.99. The summed E-state index contributed by atoms with van der Waals surface area (Å²) in [6.45, 7) is 5.42. The van der Waals surface area contributed by atoms with Crippen LogP contribution in [0.3, 0.4) is 0 Å². The first kappa shape index (κ1) is 12.0. The highest BCUT2D eigenvalue weighted by Crippen LogP contribution is 2.17. The second kappa shape index (κ2) is 5.12. The Hall–Kier alpha value is -0.0900. The van der Waals surface area contributed by atoms with Gasteiger partial charge in [0.15, 0.2) is 0 Å². The molecule has 0 radical (unpaired) electrons. The maximum absolute atomic E-state index is 11.8. The Morgan fingerprint density at radius 1 is 1.71 bits per heavy atom. The lowest BCUT2D eigenvalue weighted by molar-refractivity contribution is -0.126. The van der Waals surface area contributed by atoms with E-state index in [2.05, 4.69) is 35.1 Å². The summed E-state index contributed by atoms with van der Waals surface area (Å²) in [5, 5.41) is 3.86. The van der Waals surface area contributed by atoms with Crippen LogP contribution in [-0.2, 0) is 9.53 Å². The molecule has 1 aliphatic heterocycles. The van der Waals surface area contributed by atoms with Gasteiger partial charge in [-0.2, -0.15) is 0 Å². The molecule has 1 N–H and O–H groups in total. The Morgan fingerprint density at radius 3 is 2.86 bits per heavy atom. The van der Waals surface area contributed by atoms with E-state index in [0.29, 0.717) is 6.61 Å². The standard InChI is InChI=1S/C10H18BrNO2/c1-3-10(2,7-11)12-9(13)8-4-5-14-6-8/h8H,3-7H2,1-2H3,(H,12,13). The van der Waals surface area contributed by atoms with E-state index < -0.39 is 0 Å². The van der Waals surface area contributed by atoms with Crippen molar-refractivity contribution in [1.29, 1.82) is 0 Å². The van der Waals surface area contributed by atoms with Gasteiger partial charge in [0.1, 0.15) is 0 Å². The Balaban J connectivity index is 2.45. The number of hydrogen-bond donors (Lipinski definition) is 1. The van der Waals surface area contributed by atoms with E-state index in [1.165, 1.54) is 0 Å². The fourth-order valence-corrected chi connectivity index (χ4v) is 1.89. The summed E-state index contributed by atoms with van der Waals surface area (Å²) in [5.74, 6) is 0.186. The molecule has 1 saturated heterocycles. The van der Waals surface area contributed by atoms with Gasteiger partial charge in [0, 0.05) is 17.5 Å². The summed E-state index contributed by atoms with van der Waals surface area (Å²) in [6, 6.07) is 0. The highest BCUT2D eigenvalue weighted by molar-refractivity contribution is 9.09. The van der Waals surface area contributed by atoms with Gasteiger partial charge in [0.2, 0.25) is 5.91 Å². The predicted octanol–water partition coefficient (Wildman–Crippen LogP) is 1.70. The van der Waals surface area contributed by atoms with Crippen molar-refractivity contribution in [1.82, 2.24) is 5.32 Å². The number of halogens is 1. The summed E-state index contributed by atoms with van der Waals surface area (Å²) >= 11 is 3.42. The van der Waals surface area contributed by atoms with Crippen LogP contribution in [-0.4, -0.2) is 30.0 Å². The maximum atomic E-state index is 11.8. The number of alkyl halides is 1. The molecule has 1 rings (SSSR count). The summed E-state index contributed by atoms with van der Waals surface area (Å²) in [5.41, 5.74) is -0.125. The van der Waals surface area contributed by atoms with Crippen LogP contribution in [0.2, 0.25) is 0 Å². The molecule has 82 valence electrons. The van der Waals surface area contributed by atoms with E-state index in [1.54, 1.807) is 0 Å². The highest BCUT2D eigenvalue weighted by atomic mass is 79.9. The van der Waals surface area contributed by atoms with Crippen LogP contribution in [0.25, 0.3) is 0 Å². The average Bonchev–Trinajstić information content (AvgIpc) is 2.70. The van der Waals surface area contributed by atoms with E-state index in [9.17, 15) is 4.79 Å². The van der Waals surface area contributed by atoms with E-state index in [4.69, 9.17) is 4.74 Å². The second-order valence-corrected chi connectivity index (χ2v) is 4.66. The first-order valence-corrected chi connectivity index (χ1v) is 6.19. The average molecular weight is 264 g/mol. The van der Waals surface area contributed by atoms with Crippen LogP contribution >= 0.6 is 15.9 Å². The molecule has 14 heavy (non-hydrogen) atoms. The molecule has 1 aliphatic rings. The van der Waals surface area contributed by atoms with Gasteiger partial charge in [-0.05, 0) is 19.8 Å². The summed E-state index contributed by atoms with van der Waals surface area (Å²) in [4.78, 5) is 11.8. The minimum absolute atomic E-state index is 0.0555. The van der Waals surface area contributed by atoms with Crippen LogP contribution in [0.15, 0.2) is 0 Å². The minimum atomic E-state index is -0.125. The third kappa shape index (κ3) is 2.95. The van der Waals surface area contributed by atoms with E-state index in [-0.39, 0.29) is 17.4 Å². The SMILES string of the molecule is CCC(C)(CBr)NC(=O)C1CCOC1. The fraction of sp³-hybridized carbons (Fsp3) is 0.900. The topological polar surface area (TPSA) is 38.3 Å². The molecule has 0 saturated carbocycles. The minimum Gasteiger partial charge on any atom is -0.381 e. The van der Waals surface area contributed by atoms with Crippen LogP contribution in [0, 0.1) is 5.92 Å². The van der Waals surface area contributed by atoms with Crippen molar-refractivity contribution in [3.63, 3.8) is 0 Å². The van der Waals surface area contributed by atoms with Crippen molar-refractivity contribution in [2.45, 2.75) is 32.2 Å². The zero-order valence-corrected chi connectivity index (χ0v) is 10.4. The smallest absolute Gasteiger partial charge is 0.225 e. The lowest BCUT2D eigenvalue weighted by Crippen LogP contribution is -2.49. The molecular formula is C10H18BrNO2. The van der Waals surface area contributed by atoms with Gasteiger partial charge >= 0.3 is 0 Å². The molecular weight excluding hydrogens is 246 g/mol. The number of rotatable bonds is 4. The molecule has 2 atom stereocenters. The molecule has 0 aromatic carbocycles. The lowest BCUT2D eigenvalue weighted by Gasteiger charge is -2.28. The van der Waals surface area contributed by atoms with Crippen molar-refractivity contribution >= 4 is 21.8 Å². The van der Waals surface area contributed by atoms with Gasteiger partial charge in [0.05, 0.1) is 12.5 Å². The molecule has 2 unspecified atom stereocenters. The third-order valence-electron chi connectivity index (χ3n) is 2.80. The summed E-state index contributed by atoms with van der Waals surface area (Å²) in [6.07, 6.45) is 1.78. The molecule has 0 bridgehead atoms. The fourth-order valence-electron chi connectivity index (χ4n) is 1.36. The van der Waals surface area contributed by atoms with Crippen molar-refractivity contribution < 1.29 is 9.53 Å². The number of hydrogen-bond acceptors (Lipinski definition) is 2.